The number of aliphatic hydroxyl groups excluding tert-OH is 1. The summed E-state index contributed by atoms with van der Waals surface area (Å²) in [6.07, 6.45) is 3.30. The van der Waals surface area contributed by atoms with Crippen molar-refractivity contribution in [2.45, 2.75) is 51.7 Å². The lowest BCUT2D eigenvalue weighted by molar-refractivity contribution is 0.0869. The van der Waals surface area contributed by atoms with Crippen LogP contribution in [0.1, 0.15) is 56.1 Å². The second-order valence-electron chi connectivity index (χ2n) is 7.13. The van der Waals surface area contributed by atoms with E-state index in [1.54, 1.807) is 24.3 Å². The summed E-state index contributed by atoms with van der Waals surface area (Å²) in [6, 6.07) is 6.95. The molecule has 0 saturated heterocycles. The van der Waals surface area contributed by atoms with Crippen molar-refractivity contribution in [2.75, 3.05) is 6.54 Å². The highest BCUT2D eigenvalue weighted by Crippen LogP contribution is 2.23. The van der Waals surface area contributed by atoms with Crippen molar-refractivity contribution in [3.8, 4) is 0 Å². The highest BCUT2D eigenvalue weighted by molar-refractivity contribution is 6.04. The van der Waals surface area contributed by atoms with Crippen LogP contribution in [-0.2, 0) is 0 Å². The third-order valence-corrected chi connectivity index (χ3v) is 4.84. The summed E-state index contributed by atoms with van der Waals surface area (Å²) in [7, 11) is 0. The minimum absolute atomic E-state index is 0.128. The van der Waals surface area contributed by atoms with Crippen molar-refractivity contribution in [1.29, 1.82) is 0 Å². The van der Waals surface area contributed by atoms with Gasteiger partial charge in [-0.1, -0.05) is 24.6 Å². The number of nitrogens with zero attached hydrogens (tertiary/aromatic N) is 2. The number of amides is 1. The van der Waals surface area contributed by atoms with Gasteiger partial charge in [-0.25, -0.2) is 4.68 Å². The molecule has 1 aliphatic carbocycles. The van der Waals surface area contributed by atoms with Crippen LogP contribution >= 0.6 is 0 Å². The molecule has 1 fully saturated rings. The molecule has 0 bridgehead atoms. The maximum absolute atomic E-state index is 12.7. The summed E-state index contributed by atoms with van der Waals surface area (Å²) >= 11 is 0. The Labute approximate surface area is 146 Å². The highest BCUT2D eigenvalue weighted by atomic mass is 16.3. The summed E-state index contributed by atoms with van der Waals surface area (Å²) < 4.78 is 1.36. The second kappa shape index (κ2) is 7.35. The number of hydrogen-bond donors (Lipinski definition) is 2. The van der Waals surface area contributed by atoms with Gasteiger partial charge in [-0.15, -0.1) is 0 Å². The van der Waals surface area contributed by atoms with E-state index in [1.165, 1.54) is 4.68 Å². The average molecular weight is 343 g/mol. The largest absolute Gasteiger partial charge is 0.393 e. The quantitative estimate of drug-likeness (QED) is 0.892. The monoisotopic (exact) mass is 343 g/mol. The molecule has 1 aromatic carbocycles. The Morgan fingerprint density at radius 2 is 2.04 bits per heavy atom. The second-order valence-corrected chi connectivity index (χ2v) is 7.13. The summed E-state index contributed by atoms with van der Waals surface area (Å²) in [6.45, 7) is 4.26. The van der Waals surface area contributed by atoms with Crippen LogP contribution in [0.5, 0.6) is 0 Å². The fraction of sp³-hybridized carbons (Fsp3) is 0.526. The first-order valence-electron chi connectivity index (χ1n) is 8.95. The minimum atomic E-state index is -0.273. The van der Waals surface area contributed by atoms with Crippen LogP contribution < -0.4 is 10.9 Å². The van der Waals surface area contributed by atoms with E-state index < -0.39 is 0 Å². The van der Waals surface area contributed by atoms with E-state index in [1.807, 2.05) is 13.8 Å². The highest BCUT2D eigenvalue weighted by Gasteiger charge is 2.22. The molecule has 2 atom stereocenters. The predicted octanol–water partition coefficient (Wildman–Crippen LogP) is 2.26. The Balaban J connectivity index is 1.88. The number of rotatable bonds is 4. The lowest BCUT2D eigenvalue weighted by Crippen LogP contribution is -2.35. The summed E-state index contributed by atoms with van der Waals surface area (Å²) in [5.41, 5.74) is 0.0952. The molecule has 6 heteroatoms. The van der Waals surface area contributed by atoms with Gasteiger partial charge in [0.05, 0.1) is 17.5 Å². The van der Waals surface area contributed by atoms with Crippen LogP contribution in [0.4, 0.5) is 0 Å². The standard InChI is InChI=1S/C19H25N3O3/c1-12(2)22-19(25)16-9-4-3-8-15(16)17(21-22)18(24)20-11-13-6-5-7-14(23)10-13/h3-4,8-9,12-14,23H,5-7,10-11H2,1-2H3,(H,20,24). The molecule has 2 aromatic rings. The first kappa shape index (κ1) is 17.6. The van der Waals surface area contributed by atoms with Crippen molar-refractivity contribution < 1.29 is 9.90 Å². The number of carbonyl (C=O) groups excluding carboxylic acids is 1. The van der Waals surface area contributed by atoms with Gasteiger partial charge in [-0.05, 0) is 45.1 Å². The van der Waals surface area contributed by atoms with Gasteiger partial charge < -0.3 is 10.4 Å². The van der Waals surface area contributed by atoms with E-state index in [0.717, 1.165) is 25.7 Å². The fourth-order valence-corrected chi connectivity index (χ4v) is 3.49. The lowest BCUT2D eigenvalue weighted by atomic mass is 9.87. The van der Waals surface area contributed by atoms with Crippen LogP contribution in [0, 0.1) is 5.92 Å². The summed E-state index contributed by atoms with van der Waals surface area (Å²) in [5.74, 6) is 0.0145. The maximum atomic E-state index is 12.7. The minimum Gasteiger partial charge on any atom is -0.393 e. The maximum Gasteiger partial charge on any atom is 0.274 e. The molecule has 1 saturated carbocycles. The van der Waals surface area contributed by atoms with E-state index in [0.29, 0.717) is 17.3 Å². The molecule has 0 radical (unpaired) electrons. The Morgan fingerprint density at radius 1 is 1.32 bits per heavy atom. The first-order valence-corrected chi connectivity index (χ1v) is 8.95. The zero-order chi connectivity index (χ0) is 18.0. The molecule has 6 nitrogen and oxygen atoms in total. The van der Waals surface area contributed by atoms with E-state index in [4.69, 9.17) is 0 Å². The number of carbonyl (C=O) groups is 1. The third-order valence-electron chi connectivity index (χ3n) is 4.84. The van der Waals surface area contributed by atoms with E-state index in [9.17, 15) is 14.7 Å². The summed E-state index contributed by atoms with van der Waals surface area (Å²) in [4.78, 5) is 25.2. The van der Waals surface area contributed by atoms with E-state index in [2.05, 4.69) is 10.4 Å². The van der Waals surface area contributed by atoms with Crippen LogP contribution in [0.15, 0.2) is 29.1 Å². The van der Waals surface area contributed by atoms with E-state index >= 15 is 0 Å². The molecule has 134 valence electrons. The van der Waals surface area contributed by atoms with Gasteiger partial charge in [-0.2, -0.15) is 5.10 Å². The van der Waals surface area contributed by atoms with Crippen LogP contribution in [0.25, 0.3) is 10.8 Å². The van der Waals surface area contributed by atoms with Crippen molar-refractivity contribution in [2.24, 2.45) is 5.92 Å². The van der Waals surface area contributed by atoms with E-state index in [-0.39, 0.29) is 35.2 Å². The molecule has 0 spiro atoms. The molecule has 0 aliphatic heterocycles. The molecule has 1 amide bonds. The van der Waals surface area contributed by atoms with Gasteiger partial charge >= 0.3 is 0 Å². The summed E-state index contributed by atoms with van der Waals surface area (Å²) in [5, 5.41) is 18.1. The molecule has 3 rings (SSSR count). The Kier molecular flexibility index (Phi) is 5.18. The number of aromatic nitrogens is 2. The van der Waals surface area contributed by atoms with Gasteiger partial charge in [0.2, 0.25) is 0 Å². The Morgan fingerprint density at radius 3 is 2.72 bits per heavy atom. The Bertz CT molecular complexity index is 828. The molecule has 1 aromatic heterocycles. The van der Waals surface area contributed by atoms with Gasteiger partial charge in [0, 0.05) is 11.9 Å². The molecule has 2 unspecified atom stereocenters. The van der Waals surface area contributed by atoms with Crippen LogP contribution in [0.2, 0.25) is 0 Å². The predicted molar refractivity (Wildman–Crippen MR) is 96.7 cm³/mol. The van der Waals surface area contributed by atoms with Gasteiger partial charge in [0.15, 0.2) is 5.69 Å². The molecule has 25 heavy (non-hydrogen) atoms. The Hall–Kier alpha value is -2.21. The topological polar surface area (TPSA) is 84.2 Å². The van der Waals surface area contributed by atoms with Crippen molar-refractivity contribution in [3.63, 3.8) is 0 Å². The van der Waals surface area contributed by atoms with Gasteiger partial charge in [0.1, 0.15) is 0 Å². The van der Waals surface area contributed by atoms with Crippen LogP contribution in [-0.4, -0.2) is 33.4 Å². The fourth-order valence-electron chi connectivity index (χ4n) is 3.49. The zero-order valence-corrected chi connectivity index (χ0v) is 14.7. The average Bonchev–Trinajstić information content (AvgIpc) is 2.60. The smallest absolute Gasteiger partial charge is 0.274 e. The number of hydrogen-bond acceptors (Lipinski definition) is 4. The normalized spacial score (nSPS) is 20.8. The number of fused-ring (bicyclic) bond motifs is 1. The van der Waals surface area contributed by atoms with Gasteiger partial charge in [-0.3, -0.25) is 9.59 Å². The molecular formula is C19H25N3O3. The number of benzene rings is 1. The molecular weight excluding hydrogens is 318 g/mol. The molecule has 1 heterocycles. The van der Waals surface area contributed by atoms with Crippen molar-refractivity contribution in [1.82, 2.24) is 15.1 Å². The number of nitrogens with one attached hydrogen (secondary N) is 1. The molecule has 1 aliphatic rings. The third kappa shape index (κ3) is 3.74. The lowest BCUT2D eigenvalue weighted by Gasteiger charge is -2.25. The zero-order valence-electron chi connectivity index (χ0n) is 14.7. The van der Waals surface area contributed by atoms with Crippen molar-refractivity contribution >= 4 is 16.7 Å². The van der Waals surface area contributed by atoms with Crippen LogP contribution in [0.3, 0.4) is 0 Å². The first-order chi connectivity index (χ1) is 12.0. The molecule has 2 N–H and O–H groups in total. The van der Waals surface area contributed by atoms with Gasteiger partial charge in [0.25, 0.3) is 11.5 Å². The SMILES string of the molecule is CC(C)n1nc(C(=O)NCC2CCCC(O)C2)c2ccccc2c1=O. The van der Waals surface area contributed by atoms with Crippen molar-refractivity contribution in [3.05, 3.63) is 40.3 Å². The number of aliphatic hydroxyl groups is 1.